The maximum absolute atomic E-state index is 6.72. The number of hydrogen-bond acceptors (Lipinski definition) is 1. The molecule has 19 heavy (non-hydrogen) atoms. The molecule has 1 heteroatoms. The van der Waals surface area contributed by atoms with Gasteiger partial charge in [0.1, 0.15) is 0 Å². The highest BCUT2D eigenvalue weighted by Crippen LogP contribution is 2.38. The highest BCUT2D eigenvalue weighted by atomic mass is 14.8. The first-order chi connectivity index (χ1) is 8.92. The molecule has 0 spiro atoms. The van der Waals surface area contributed by atoms with Crippen molar-refractivity contribution in [3.05, 3.63) is 35.4 Å². The molecule has 0 amide bonds. The third kappa shape index (κ3) is 3.20. The van der Waals surface area contributed by atoms with Crippen LogP contribution in [0.5, 0.6) is 0 Å². The van der Waals surface area contributed by atoms with Gasteiger partial charge in [-0.3, -0.25) is 0 Å². The Bertz CT molecular complexity index is 406. The molecule has 2 rings (SSSR count). The summed E-state index contributed by atoms with van der Waals surface area (Å²) in [5.74, 6) is 1.98. The van der Waals surface area contributed by atoms with Crippen LogP contribution in [0.4, 0.5) is 0 Å². The van der Waals surface area contributed by atoms with Crippen molar-refractivity contribution in [2.75, 3.05) is 0 Å². The van der Waals surface area contributed by atoms with Crippen molar-refractivity contribution in [1.29, 1.82) is 0 Å². The van der Waals surface area contributed by atoms with Crippen molar-refractivity contribution in [3.8, 4) is 0 Å². The molecule has 0 heterocycles. The SMILES string of the molecule is CC(C)c1ccc(CC2(N)CCCC(C)C2C)cc1. The van der Waals surface area contributed by atoms with Gasteiger partial charge in [-0.25, -0.2) is 0 Å². The molecule has 3 atom stereocenters. The van der Waals surface area contributed by atoms with Gasteiger partial charge in [-0.1, -0.05) is 64.8 Å². The van der Waals surface area contributed by atoms with Gasteiger partial charge in [0, 0.05) is 5.54 Å². The highest BCUT2D eigenvalue weighted by Gasteiger charge is 2.37. The summed E-state index contributed by atoms with van der Waals surface area (Å²) in [7, 11) is 0. The van der Waals surface area contributed by atoms with Crippen LogP contribution in [0.2, 0.25) is 0 Å². The number of rotatable bonds is 3. The second-order valence-electron chi connectivity index (χ2n) is 6.96. The molecule has 0 saturated heterocycles. The summed E-state index contributed by atoms with van der Waals surface area (Å²) in [5.41, 5.74) is 9.53. The largest absolute Gasteiger partial charge is 0.325 e. The van der Waals surface area contributed by atoms with Crippen molar-refractivity contribution in [1.82, 2.24) is 0 Å². The normalized spacial score (nSPS) is 31.7. The van der Waals surface area contributed by atoms with E-state index in [4.69, 9.17) is 5.73 Å². The van der Waals surface area contributed by atoms with E-state index in [2.05, 4.69) is 52.0 Å². The Balaban J connectivity index is 2.11. The maximum atomic E-state index is 6.72. The Kier molecular flexibility index (Phi) is 4.35. The van der Waals surface area contributed by atoms with E-state index in [9.17, 15) is 0 Å². The zero-order valence-electron chi connectivity index (χ0n) is 12.9. The lowest BCUT2D eigenvalue weighted by Crippen LogP contribution is -2.52. The van der Waals surface area contributed by atoms with Crippen molar-refractivity contribution in [3.63, 3.8) is 0 Å². The summed E-state index contributed by atoms with van der Waals surface area (Å²) in [6.07, 6.45) is 4.82. The van der Waals surface area contributed by atoms with E-state index in [-0.39, 0.29) is 5.54 Å². The maximum Gasteiger partial charge on any atom is 0.0223 e. The van der Waals surface area contributed by atoms with E-state index in [1.54, 1.807) is 0 Å². The molecule has 106 valence electrons. The Hall–Kier alpha value is -0.820. The molecule has 1 saturated carbocycles. The molecular weight excluding hydrogens is 230 g/mol. The Labute approximate surface area is 118 Å². The number of benzene rings is 1. The number of nitrogens with two attached hydrogens (primary N) is 1. The molecule has 1 fully saturated rings. The molecule has 1 aliphatic carbocycles. The van der Waals surface area contributed by atoms with Crippen molar-refractivity contribution >= 4 is 0 Å². The first-order valence-corrected chi connectivity index (χ1v) is 7.80. The quantitative estimate of drug-likeness (QED) is 0.849. The molecule has 0 radical (unpaired) electrons. The molecule has 0 aliphatic heterocycles. The van der Waals surface area contributed by atoms with E-state index in [1.165, 1.54) is 30.4 Å². The zero-order chi connectivity index (χ0) is 14.0. The summed E-state index contributed by atoms with van der Waals surface area (Å²) in [6, 6.07) is 9.08. The van der Waals surface area contributed by atoms with Gasteiger partial charge in [0.15, 0.2) is 0 Å². The van der Waals surface area contributed by atoms with Gasteiger partial charge < -0.3 is 5.73 Å². The minimum absolute atomic E-state index is 0.00296. The zero-order valence-corrected chi connectivity index (χ0v) is 12.9. The predicted molar refractivity (Wildman–Crippen MR) is 83.3 cm³/mol. The van der Waals surface area contributed by atoms with Crippen molar-refractivity contribution in [2.24, 2.45) is 17.6 Å². The lowest BCUT2D eigenvalue weighted by molar-refractivity contribution is 0.143. The summed E-state index contributed by atoms with van der Waals surface area (Å²) in [6.45, 7) is 9.17. The van der Waals surface area contributed by atoms with Crippen LogP contribution in [0.3, 0.4) is 0 Å². The fraction of sp³-hybridized carbons (Fsp3) is 0.667. The van der Waals surface area contributed by atoms with Gasteiger partial charge in [-0.2, -0.15) is 0 Å². The standard InChI is InChI=1S/C18H29N/c1-13(2)17-9-7-16(8-10-17)12-18(19)11-5-6-14(3)15(18)4/h7-10,13-15H,5-6,11-12,19H2,1-4H3. The second-order valence-corrected chi connectivity index (χ2v) is 6.96. The lowest BCUT2D eigenvalue weighted by atomic mass is 9.66. The van der Waals surface area contributed by atoms with E-state index in [1.807, 2.05) is 0 Å². The summed E-state index contributed by atoms with van der Waals surface area (Å²) in [5, 5.41) is 0. The molecule has 0 bridgehead atoms. The topological polar surface area (TPSA) is 26.0 Å². The first kappa shape index (κ1) is 14.6. The average molecular weight is 259 g/mol. The van der Waals surface area contributed by atoms with Gasteiger partial charge in [-0.15, -0.1) is 0 Å². The monoisotopic (exact) mass is 259 g/mol. The van der Waals surface area contributed by atoms with Gasteiger partial charge in [-0.05, 0) is 41.7 Å². The molecular formula is C18H29N. The van der Waals surface area contributed by atoms with E-state index in [0.29, 0.717) is 11.8 Å². The van der Waals surface area contributed by atoms with Crippen LogP contribution >= 0.6 is 0 Å². The Morgan fingerprint density at radius 3 is 2.42 bits per heavy atom. The van der Waals surface area contributed by atoms with Crippen LogP contribution in [0.15, 0.2) is 24.3 Å². The summed E-state index contributed by atoms with van der Waals surface area (Å²) >= 11 is 0. The van der Waals surface area contributed by atoms with Crippen LogP contribution in [0.25, 0.3) is 0 Å². The van der Waals surface area contributed by atoms with E-state index in [0.717, 1.165) is 12.3 Å². The van der Waals surface area contributed by atoms with Crippen LogP contribution in [-0.4, -0.2) is 5.54 Å². The van der Waals surface area contributed by atoms with Crippen molar-refractivity contribution in [2.45, 2.75) is 64.8 Å². The van der Waals surface area contributed by atoms with Crippen LogP contribution < -0.4 is 5.73 Å². The molecule has 3 unspecified atom stereocenters. The molecule has 1 nitrogen and oxygen atoms in total. The Morgan fingerprint density at radius 2 is 1.84 bits per heavy atom. The van der Waals surface area contributed by atoms with Crippen molar-refractivity contribution < 1.29 is 0 Å². The van der Waals surface area contributed by atoms with Gasteiger partial charge in [0.25, 0.3) is 0 Å². The minimum atomic E-state index is -0.00296. The third-order valence-electron chi connectivity index (χ3n) is 5.24. The lowest BCUT2D eigenvalue weighted by Gasteiger charge is -2.43. The fourth-order valence-corrected chi connectivity index (χ4v) is 3.45. The summed E-state index contributed by atoms with van der Waals surface area (Å²) in [4.78, 5) is 0. The van der Waals surface area contributed by atoms with Gasteiger partial charge in [0.2, 0.25) is 0 Å². The van der Waals surface area contributed by atoms with Crippen LogP contribution in [0.1, 0.15) is 64.0 Å². The number of hydrogen-bond donors (Lipinski definition) is 1. The highest BCUT2D eigenvalue weighted by molar-refractivity contribution is 5.26. The first-order valence-electron chi connectivity index (χ1n) is 7.80. The fourth-order valence-electron chi connectivity index (χ4n) is 3.45. The predicted octanol–water partition coefficient (Wildman–Crippen LogP) is 4.51. The second kappa shape index (κ2) is 5.66. The smallest absolute Gasteiger partial charge is 0.0223 e. The van der Waals surface area contributed by atoms with E-state index >= 15 is 0 Å². The van der Waals surface area contributed by atoms with Gasteiger partial charge in [0.05, 0.1) is 0 Å². The average Bonchev–Trinajstić information content (AvgIpc) is 2.36. The summed E-state index contributed by atoms with van der Waals surface area (Å²) < 4.78 is 0. The third-order valence-corrected chi connectivity index (χ3v) is 5.24. The minimum Gasteiger partial charge on any atom is -0.325 e. The molecule has 2 N–H and O–H groups in total. The Morgan fingerprint density at radius 1 is 1.21 bits per heavy atom. The van der Waals surface area contributed by atoms with E-state index < -0.39 is 0 Å². The molecule has 1 aliphatic rings. The van der Waals surface area contributed by atoms with Crippen LogP contribution in [0, 0.1) is 11.8 Å². The van der Waals surface area contributed by atoms with Gasteiger partial charge >= 0.3 is 0 Å². The molecule has 1 aromatic carbocycles. The van der Waals surface area contributed by atoms with Crippen LogP contribution in [-0.2, 0) is 6.42 Å². The molecule has 1 aromatic rings. The molecule has 0 aromatic heterocycles.